The van der Waals surface area contributed by atoms with E-state index in [-0.39, 0.29) is 0 Å². The second-order valence-electron chi connectivity index (χ2n) is 7.41. The number of nitrogens with zero attached hydrogens (tertiary/aromatic N) is 2. The molecule has 19 heavy (non-hydrogen) atoms. The van der Waals surface area contributed by atoms with Gasteiger partial charge in [-0.1, -0.05) is 0 Å². The van der Waals surface area contributed by atoms with Gasteiger partial charge in [0.05, 0.1) is 12.7 Å². The minimum absolute atomic E-state index is 0.300. The molecule has 1 heterocycles. The molecular weight excluding hydrogens is 234 g/mol. The molecule has 0 radical (unpaired) electrons. The largest absolute Gasteiger partial charge is 0.326 e. The van der Waals surface area contributed by atoms with Crippen molar-refractivity contribution >= 4 is 0 Å². The van der Waals surface area contributed by atoms with Gasteiger partial charge in [-0.2, -0.15) is 5.10 Å². The Kier molecular flexibility index (Phi) is 2.73. The molecule has 104 valence electrons. The van der Waals surface area contributed by atoms with Crippen LogP contribution in [0.5, 0.6) is 0 Å². The second-order valence-corrected chi connectivity index (χ2v) is 7.41. The molecule has 1 unspecified atom stereocenters. The van der Waals surface area contributed by atoms with E-state index in [1.54, 1.807) is 0 Å². The maximum Gasteiger partial charge on any atom is 0.0563 e. The number of rotatable bonds is 3. The van der Waals surface area contributed by atoms with Crippen LogP contribution in [0.15, 0.2) is 12.4 Å². The molecule has 3 nitrogen and oxygen atoms in total. The van der Waals surface area contributed by atoms with Crippen molar-refractivity contribution in [3.8, 4) is 0 Å². The van der Waals surface area contributed by atoms with Gasteiger partial charge in [0.15, 0.2) is 0 Å². The molecule has 4 saturated carbocycles. The average Bonchev–Trinajstić information content (AvgIpc) is 2.73. The number of hydrogen-bond acceptors (Lipinski definition) is 2. The van der Waals surface area contributed by atoms with Crippen LogP contribution in [0.4, 0.5) is 0 Å². The minimum atomic E-state index is 0.300. The Balaban J connectivity index is 1.49. The highest BCUT2D eigenvalue weighted by atomic mass is 15.3. The maximum absolute atomic E-state index is 6.58. The summed E-state index contributed by atoms with van der Waals surface area (Å²) < 4.78 is 2.05. The summed E-state index contributed by atoms with van der Waals surface area (Å²) in [6.07, 6.45) is 11.4. The molecule has 0 amide bonds. The van der Waals surface area contributed by atoms with Gasteiger partial charge in [-0.3, -0.25) is 4.68 Å². The van der Waals surface area contributed by atoms with Gasteiger partial charge >= 0.3 is 0 Å². The lowest BCUT2D eigenvalue weighted by atomic mass is 9.50. The molecule has 2 N–H and O–H groups in total. The molecule has 0 aromatic carbocycles. The molecule has 5 rings (SSSR count). The van der Waals surface area contributed by atoms with Crippen molar-refractivity contribution in [3.05, 3.63) is 18.0 Å². The SMILES string of the molecule is Cc1cnn(CC(N)C2C3CC4CC(C3)CC2C4)c1. The number of aromatic nitrogens is 2. The molecule has 0 saturated heterocycles. The molecule has 0 spiro atoms. The van der Waals surface area contributed by atoms with Gasteiger partial charge in [-0.15, -0.1) is 0 Å². The normalized spacial score (nSPS) is 41.7. The fourth-order valence-corrected chi connectivity index (χ4v) is 5.57. The van der Waals surface area contributed by atoms with Crippen LogP contribution in [0, 0.1) is 36.5 Å². The molecule has 3 heteroatoms. The van der Waals surface area contributed by atoms with E-state index in [1.807, 2.05) is 10.9 Å². The summed E-state index contributed by atoms with van der Waals surface area (Å²) in [5, 5.41) is 4.40. The fraction of sp³-hybridized carbons (Fsp3) is 0.812. The van der Waals surface area contributed by atoms with E-state index in [2.05, 4.69) is 18.2 Å². The van der Waals surface area contributed by atoms with Crippen LogP contribution >= 0.6 is 0 Å². The minimum Gasteiger partial charge on any atom is -0.326 e. The number of aryl methyl sites for hydroxylation is 1. The first-order valence-electron chi connectivity index (χ1n) is 7.93. The molecule has 4 bridgehead atoms. The Labute approximate surface area is 115 Å². The summed E-state index contributed by atoms with van der Waals surface area (Å²) in [5.74, 6) is 4.68. The van der Waals surface area contributed by atoms with Crippen molar-refractivity contribution in [1.29, 1.82) is 0 Å². The molecular formula is C16H25N3. The third-order valence-corrected chi connectivity index (χ3v) is 5.95. The van der Waals surface area contributed by atoms with E-state index in [9.17, 15) is 0 Å². The Bertz CT molecular complexity index is 436. The van der Waals surface area contributed by atoms with Gasteiger partial charge < -0.3 is 5.73 Å². The molecule has 4 aliphatic carbocycles. The second kappa shape index (κ2) is 4.34. The zero-order valence-electron chi connectivity index (χ0n) is 11.8. The zero-order chi connectivity index (χ0) is 13.0. The molecule has 1 aromatic rings. The number of hydrogen-bond donors (Lipinski definition) is 1. The number of nitrogens with two attached hydrogens (primary N) is 1. The highest BCUT2D eigenvalue weighted by molar-refractivity contribution is 5.03. The topological polar surface area (TPSA) is 43.8 Å². The van der Waals surface area contributed by atoms with Crippen LogP contribution in [0.1, 0.15) is 37.7 Å². The maximum atomic E-state index is 6.58. The first kappa shape index (κ1) is 12.0. The summed E-state index contributed by atoms with van der Waals surface area (Å²) in [7, 11) is 0. The van der Waals surface area contributed by atoms with E-state index in [0.29, 0.717) is 6.04 Å². The third-order valence-electron chi connectivity index (χ3n) is 5.95. The van der Waals surface area contributed by atoms with E-state index in [1.165, 1.54) is 37.7 Å². The first-order valence-corrected chi connectivity index (χ1v) is 7.93. The monoisotopic (exact) mass is 259 g/mol. The standard InChI is InChI=1S/C16H25N3/c1-10-7-18-19(8-10)9-15(17)16-13-3-11-2-12(5-13)6-14(16)4-11/h7-8,11-16H,2-6,9,17H2,1H3. The zero-order valence-corrected chi connectivity index (χ0v) is 11.8. The lowest BCUT2D eigenvalue weighted by Crippen LogP contribution is -2.52. The van der Waals surface area contributed by atoms with E-state index in [4.69, 9.17) is 5.73 Å². The smallest absolute Gasteiger partial charge is 0.0563 e. The third kappa shape index (κ3) is 2.03. The lowest BCUT2D eigenvalue weighted by molar-refractivity contribution is -0.0489. The molecule has 4 fully saturated rings. The van der Waals surface area contributed by atoms with E-state index in [0.717, 1.165) is 36.1 Å². The molecule has 0 aliphatic heterocycles. The molecule has 1 atom stereocenters. The van der Waals surface area contributed by atoms with Gasteiger partial charge in [-0.05, 0) is 74.2 Å². The summed E-state index contributed by atoms with van der Waals surface area (Å²) in [6, 6.07) is 0.300. The van der Waals surface area contributed by atoms with Crippen LogP contribution in [0.25, 0.3) is 0 Å². The van der Waals surface area contributed by atoms with Crippen molar-refractivity contribution < 1.29 is 0 Å². The summed E-state index contributed by atoms with van der Waals surface area (Å²) in [5.41, 5.74) is 7.81. The van der Waals surface area contributed by atoms with Crippen LogP contribution in [0.3, 0.4) is 0 Å². The van der Waals surface area contributed by atoms with Gasteiger partial charge in [0.1, 0.15) is 0 Å². The Morgan fingerprint density at radius 2 is 1.84 bits per heavy atom. The quantitative estimate of drug-likeness (QED) is 0.906. The Hall–Kier alpha value is -0.830. The van der Waals surface area contributed by atoms with E-state index < -0.39 is 0 Å². The average molecular weight is 259 g/mol. The van der Waals surface area contributed by atoms with Crippen LogP contribution in [-0.4, -0.2) is 15.8 Å². The Morgan fingerprint density at radius 1 is 1.21 bits per heavy atom. The van der Waals surface area contributed by atoms with Crippen molar-refractivity contribution in [2.24, 2.45) is 35.3 Å². The van der Waals surface area contributed by atoms with Crippen LogP contribution < -0.4 is 5.73 Å². The van der Waals surface area contributed by atoms with Gasteiger partial charge in [0.25, 0.3) is 0 Å². The summed E-state index contributed by atoms with van der Waals surface area (Å²) in [6.45, 7) is 3.00. The summed E-state index contributed by atoms with van der Waals surface area (Å²) >= 11 is 0. The lowest BCUT2D eigenvalue weighted by Gasteiger charge is -2.56. The first-order chi connectivity index (χ1) is 9.19. The Morgan fingerprint density at radius 3 is 2.37 bits per heavy atom. The highest BCUT2D eigenvalue weighted by Gasteiger charge is 2.49. The van der Waals surface area contributed by atoms with Crippen molar-refractivity contribution in [1.82, 2.24) is 9.78 Å². The van der Waals surface area contributed by atoms with Crippen LogP contribution in [-0.2, 0) is 6.54 Å². The van der Waals surface area contributed by atoms with Crippen molar-refractivity contribution in [2.75, 3.05) is 0 Å². The van der Waals surface area contributed by atoms with Gasteiger partial charge in [0, 0.05) is 12.2 Å². The van der Waals surface area contributed by atoms with Gasteiger partial charge in [-0.25, -0.2) is 0 Å². The van der Waals surface area contributed by atoms with Crippen molar-refractivity contribution in [3.63, 3.8) is 0 Å². The summed E-state index contributed by atoms with van der Waals surface area (Å²) in [4.78, 5) is 0. The van der Waals surface area contributed by atoms with Gasteiger partial charge in [0.2, 0.25) is 0 Å². The van der Waals surface area contributed by atoms with Crippen LogP contribution in [0.2, 0.25) is 0 Å². The van der Waals surface area contributed by atoms with E-state index >= 15 is 0 Å². The predicted molar refractivity (Wildman–Crippen MR) is 75.5 cm³/mol. The molecule has 1 aromatic heterocycles. The molecule has 4 aliphatic rings. The fourth-order valence-electron chi connectivity index (χ4n) is 5.57. The highest BCUT2D eigenvalue weighted by Crippen LogP contribution is 2.57. The predicted octanol–water partition coefficient (Wildman–Crippen LogP) is 2.59. The van der Waals surface area contributed by atoms with Crippen molar-refractivity contribution in [2.45, 2.75) is 51.6 Å².